The average Bonchev–Trinajstić information content (AvgIpc) is 2.10. The highest BCUT2D eigenvalue weighted by Crippen LogP contribution is 2.16. The van der Waals surface area contributed by atoms with Gasteiger partial charge in [0.2, 0.25) is 0 Å². The van der Waals surface area contributed by atoms with E-state index in [0.29, 0.717) is 5.76 Å². The number of hydrogen-bond donors (Lipinski definition) is 1. The summed E-state index contributed by atoms with van der Waals surface area (Å²) < 4.78 is 0. The van der Waals surface area contributed by atoms with Gasteiger partial charge in [-0.3, -0.25) is 0 Å². The van der Waals surface area contributed by atoms with Crippen molar-refractivity contribution in [2.45, 2.75) is 27.2 Å². The number of hydrogen-bond acceptors (Lipinski definition) is 1. The van der Waals surface area contributed by atoms with E-state index >= 15 is 0 Å². The smallest absolute Gasteiger partial charge is 0.118 e. The van der Waals surface area contributed by atoms with Crippen LogP contribution in [0, 0.1) is 13.8 Å². The predicted molar refractivity (Wildman–Crippen MR) is 56.8 cm³/mol. The van der Waals surface area contributed by atoms with Crippen molar-refractivity contribution in [1.82, 2.24) is 0 Å². The molecule has 1 rings (SSSR count). The summed E-state index contributed by atoms with van der Waals surface area (Å²) in [6.07, 6.45) is 2.68. The molecule has 1 N–H and O–H groups in total. The highest BCUT2D eigenvalue weighted by molar-refractivity contribution is 5.59. The third kappa shape index (κ3) is 2.35. The molecule has 0 aliphatic carbocycles. The Balaban J connectivity index is 3.04. The third-order valence-electron chi connectivity index (χ3n) is 2.20. The Morgan fingerprint density at radius 1 is 1.31 bits per heavy atom. The minimum absolute atomic E-state index is 0.380. The van der Waals surface area contributed by atoms with Crippen LogP contribution in [0.1, 0.15) is 30.0 Å². The predicted octanol–water partition coefficient (Wildman–Crippen LogP) is 3.61. The summed E-state index contributed by atoms with van der Waals surface area (Å²) in [5.74, 6) is 0.380. The monoisotopic (exact) mass is 176 g/mol. The van der Waals surface area contributed by atoms with Crippen LogP contribution in [0.4, 0.5) is 0 Å². The van der Waals surface area contributed by atoms with Crippen LogP contribution in [0.15, 0.2) is 24.3 Å². The molecule has 1 aromatic rings. The summed E-state index contributed by atoms with van der Waals surface area (Å²) >= 11 is 0. The Kier molecular flexibility index (Phi) is 3.13. The fraction of sp³-hybridized carbons (Fsp3) is 0.333. The lowest BCUT2D eigenvalue weighted by molar-refractivity contribution is 0.509. The zero-order chi connectivity index (χ0) is 9.84. The topological polar surface area (TPSA) is 20.2 Å². The van der Waals surface area contributed by atoms with Crippen molar-refractivity contribution in [2.75, 3.05) is 0 Å². The molecule has 0 bridgehead atoms. The number of allylic oxidation sites excluding steroid dienone is 1. The van der Waals surface area contributed by atoms with Gasteiger partial charge in [-0.2, -0.15) is 0 Å². The molecule has 0 aromatic heterocycles. The molecule has 0 unspecified atom stereocenters. The number of rotatable bonds is 2. The molecular weight excluding hydrogens is 160 g/mol. The van der Waals surface area contributed by atoms with Gasteiger partial charge in [0.15, 0.2) is 0 Å². The van der Waals surface area contributed by atoms with Gasteiger partial charge in [-0.05, 0) is 43.5 Å². The van der Waals surface area contributed by atoms with E-state index in [1.165, 1.54) is 11.1 Å². The average molecular weight is 176 g/mol. The first kappa shape index (κ1) is 9.85. The second kappa shape index (κ2) is 4.13. The van der Waals surface area contributed by atoms with E-state index in [9.17, 15) is 5.11 Å². The van der Waals surface area contributed by atoms with Crippen molar-refractivity contribution in [2.24, 2.45) is 0 Å². The first-order valence-electron chi connectivity index (χ1n) is 4.62. The molecule has 1 nitrogen and oxygen atoms in total. The lowest BCUT2D eigenvalue weighted by Gasteiger charge is -2.04. The number of aryl methyl sites for hydroxylation is 2. The molecule has 0 fully saturated rings. The molecule has 70 valence electrons. The Morgan fingerprint density at radius 2 is 2.00 bits per heavy atom. The Bertz CT molecular complexity index is 324. The minimum Gasteiger partial charge on any atom is -0.508 e. The maximum absolute atomic E-state index is 9.60. The van der Waals surface area contributed by atoms with Crippen molar-refractivity contribution in [1.29, 1.82) is 0 Å². The molecule has 1 heteroatoms. The minimum atomic E-state index is 0.380. The van der Waals surface area contributed by atoms with Gasteiger partial charge in [-0.25, -0.2) is 0 Å². The Hall–Kier alpha value is -1.24. The summed E-state index contributed by atoms with van der Waals surface area (Å²) in [4.78, 5) is 0. The lowest BCUT2D eigenvalue weighted by Crippen LogP contribution is -1.86. The van der Waals surface area contributed by atoms with Gasteiger partial charge in [0, 0.05) is 5.56 Å². The molecule has 0 spiro atoms. The summed E-state index contributed by atoms with van der Waals surface area (Å²) in [6, 6.07) is 5.99. The van der Waals surface area contributed by atoms with Crippen molar-refractivity contribution in [3.8, 4) is 0 Å². The molecule has 0 atom stereocenters. The van der Waals surface area contributed by atoms with Crippen molar-refractivity contribution in [3.63, 3.8) is 0 Å². The molecule has 0 radical (unpaired) electrons. The first-order valence-corrected chi connectivity index (χ1v) is 4.62. The van der Waals surface area contributed by atoms with Gasteiger partial charge < -0.3 is 5.11 Å². The summed E-state index contributed by atoms with van der Waals surface area (Å²) in [6.45, 7) is 6.13. The van der Waals surface area contributed by atoms with Gasteiger partial charge in [0.05, 0.1) is 0 Å². The van der Waals surface area contributed by atoms with Crippen LogP contribution in [0.25, 0.3) is 5.76 Å². The van der Waals surface area contributed by atoms with Gasteiger partial charge in [0.1, 0.15) is 5.76 Å². The maximum Gasteiger partial charge on any atom is 0.118 e. The highest BCUT2D eigenvalue weighted by Gasteiger charge is 1.99. The van der Waals surface area contributed by atoms with E-state index in [-0.39, 0.29) is 0 Å². The van der Waals surface area contributed by atoms with Gasteiger partial charge in [0.25, 0.3) is 0 Å². The van der Waals surface area contributed by atoms with Crippen LogP contribution in [-0.4, -0.2) is 5.11 Å². The first-order chi connectivity index (χ1) is 6.15. The SMILES string of the molecule is CCC=C(O)c1ccc(C)c(C)c1. The molecule has 0 heterocycles. The van der Waals surface area contributed by atoms with Crippen LogP contribution in [0.5, 0.6) is 0 Å². The zero-order valence-corrected chi connectivity index (χ0v) is 8.46. The second-order valence-electron chi connectivity index (χ2n) is 3.30. The van der Waals surface area contributed by atoms with Crippen LogP contribution in [0.2, 0.25) is 0 Å². The molecular formula is C12H16O. The van der Waals surface area contributed by atoms with E-state index in [1.807, 2.05) is 31.2 Å². The number of benzene rings is 1. The van der Waals surface area contributed by atoms with Crippen LogP contribution < -0.4 is 0 Å². The normalized spacial score (nSPS) is 11.8. The van der Waals surface area contributed by atoms with Gasteiger partial charge in [-0.1, -0.05) is 19.1 Å². The Morgan fingerprint density at radius 3 is 2.54 bits per heavy atom. The second-order valence-corrected chi connectivity index (χ2v) is 3.30. The fourth-order valence-corrected chi connectivity index (χ4v) is 1.21. The van der Waals surface area contributed by atoms with E-state index in [1.54, 1.807) is 0 Å². The number of aliphatic hydroxyl groups excluding tert-OH is 1. The summed E-state index contributed by atoms with van der Waals surface area (Å²) in [7, 11) is 0. The molecule has 0 saturated heterocycles. The van der Waals surface area contributed by atoms with E-state index in [2.05, 4.69) is 13.8 Å². The standard InChI is InChI=1S/C12H16O/c1-4-5-12(13)11-7-6-9(2)10(3)8-11/h5-8,13H,4H2,1-3H3. The fourth-order valence-electron chi connectivity index (χ4n) is 1.21. The summed E-state index contributed by atoms with van der Waals surface area (Å²) in [5, 5.41) is 9.60. The molecule has 13 heavy (non-hydrogen) atoms. The van der Waals surface area contributed by atoms with Gasteiger partial charge >= 0.3 is 0 Å². The summed E-state index contributed by atoms with van der Waals surface area (Å²) in [5.41, 5.74) is 3.38. The van der Waals surface area contributed by atoms with Gasteiger partial charge in [-0.15, -0.1) is 0 Å². The highest BCUT2D eigenvalue weighted by atomic mass is 16.3. The van der Waals surface area contributed by atoms with E-state index < -0.39 is 0 Å². The molecule has 1 aromatic carbocycles. The third-order valence-corrected chi connectivity index (χ3v) is 2.20. The lowest BCUT2D eigenvalue weighted by atomic mass is 10.0. The Labute approximate surface area is 79.7 Å². The molecule has 0 amide bonds. The number of aliphatic hydroxyl groups is 1. The zero-order valence-electron chi connectivity index (χ0n) is 8.46. The van der Waals surface area contributed by atoms with E-state index in [4.69, 9.17) is 0 Å². The van der Waals surface area contributed by atoms with Crippen molar-refractivity contribution < 1.29 is 5.11 Å². The van der Waals surface area contributed by atoms with Crippen molar-refractivity contribution >= 4 is 5.76 Å². The van der Waals surface area contributed by atoms with Crippen LogP contribution in [0.3, 0.4) is 0 Å². The molecule has 0 saturated carbocycles. The van der Waals surface area contributed by atoms with E-state index in [0.717, 1.165) is 12.0 Å². The maximum atomic E-state index is 9.60. The largest absolute Gasteiger partial charge is 0.508 e. The molecule has 0 aliphatic rings. The van der Waals surface area contributed by atoms with Crippen molar-refractivity contribution in [3.05, 3.63) is 41.0 Å². The van der Waals surface area contributed by atoms with Crippen LogP contribution in [-0.2, 0) is 0 Å². The quantitative estimate of drug-likeness (QED) is 0.682. The van der Waals surface area contributed by atoms with Crippen LogP contribution >= 0.6 is 0 Å². The molecule has 0 aliphatic heterocycles.